The third-order valence-corrected chi connectivity index (χ3v) is 6.24. The second-order valence-electron chi connectivity index (χ2n) is 9.25. The number of nitrogens with zero attached hydrogens (tertiary/aromatic N) is 6. The SMILES string of the molecule is CCN(CC=O)CCNCc1ccc(Nc2ncc(F)c(-c3cc(F)c4nc(C)n(C(C)C)c4c3)n2)nc1. The second-order valence-corrected chi connectivity index (χ2v) is 9.25. The van der Waals surface area contributed by atoms with Crippen LogP contribution in [0.15, 0.2) is 36.7 Å². The zero-order chi connectivity index (χ0) is 27.2. The number of fused-ring (bicyclic) bond motifs is 1. The molecule has 0 spiro atoms. The van der Waals surface area contributed by atoms with E-state index in [4.69, 9.17) is 0 Å². The Morgan fingerprint density at radius 2 is 1.92 bits per heavy atom. The van der Waals surface area contributed by atoms with Crippen LogP contribution in [0.25, 0.3) is 22.3 Å². The number of benzene rings is 1. The molecule has 1 aromatic carbocycles. The van der Waals surface area contributed by atoms with Gasteiger partial charge in [-0.1, -0.05) is 13.0 Å². The summed E-state index contributed by atoms with van der Waals surface area (Å²) in [6, 6.07) is 6.69. The van der Waals surface area contributed by atoms with Crippen LogP contribution in [-0.4, -0.2) is 61.9 Å². The number of aldehydes is 1. The van der Waals surface area contributed by atoms with Crippen molar-refractivity contribution in [3.63, 3.8) is 0 Å². The van der Waals surface area contributed by atoms with Crippen molar-refractivity contribution >= 4 is 29.1 Å². The Balaban J connectivity index is 1.47. The molecule has 0 saturated carbocycles. The number of aromatic nitrogens is 5. The zero-order valence-electron chi connectivity index (χ0n) is 22.0. The third kappa shape index (κ3) is 6.17. The van der Waals surface area contributed by atoms with Crippen molar-refractivity contribution in [3.05, 3.63) is 59.7 Å². The largest absolute Gasteiger partial charge is 0.326 e. The molecule has 200 valence electrons. The minimum absolute atomic E-state index is 0.0195. The lowest BCUT2D eigenvalue weighted by molar-refractivity contribution is -0.108. The molecule has 0 fully saturated rings. The summed E-state index contributed by atoms with van der Waals surface area (Å²) in [5.41, 5.74) is 2.08. The summed E-state index contributed by atoms with van der Waals surface area (Å²) >= 11 is 0. The highest BCUT2D eigenvalue weighted by molar-refractivity contribution is 5.83. The first kappa shape index (κ1) is 27.2. The van der Waals surface area contributed by atoms with Crippen LogP contribution in [0.1, 0.15) is 38.2 Å². The van der Waals surface area contributed by atoms with Gasteiger partial charge in [0.05, 0.1) is 18.3 Å². The van der Waals surface area contributed by atoms with Gasteiger partial charge in [0.2, 0.25) is 5.95 Å². The number of likely N-dealkylation sites (N-methyl/N-ethyl adjacent to an activating group) is 1. The Kier molecular flexibility index (Phi) is 8.70. The number of halogens is 2. The van der Waals surface area contributed by atoms with Gasteiger partial charge in [-0.15, -0.1) is 0 Å². The lowest BCUT2D eigenvalue weighted by atomic mass is 10.1. The minimum Gasteiger partial charge on any atom is -0.326 e. The van der Waals surface area contributed by atoms with Gasteiger partial charge in [-0.3, -0.25) is 4.90 Å². The van der Waals surface area contributed by atoms with E-state index in [0.29, 0.717) is 35.8 Å². The van der Waals surface area contributed by atoms with Gasteiger partial charge in [-0.05, 0) is 51.1 Å². The quantitative estimate of drug-likeness (QED) is 0.209. The Labute approximate surface area is 220 Å². The summed E-state index contributed by atoms with van der Waals surface area (Å²) in [4.78, 5) is 29.8. The van der Waals surface area contributed by atoms with Crippen molar-refractivity contribution in [1.82, 2.24) is 34.7 Å². The molecular weight excluding hydrogens is 490 g/mol. The Morgan fingerprint density at radius 1 is 1.11 bits per heavy atom. The highest BCUT2D eigenvalue weighted by atomic mass is 19.1. The standard InChI is InChI=1S/C27H32F2N8O/c1-5-36(10-11-38)9-8-30-14-19-6-7-24(31-15-19)34-27-32-16-22(29)25(35-27)20-12-21(28)26-23(13-20)37(17(2)3)18(4)33-26/h6-7,11-13,15-17,30H,5,8-10,14H2,1-4H3,(H,31,32,34,35). The highest BCUT2D eigenvalue weighted by Gasteiger charge is 2.18. The van der Waals surface area contributed by atoms with Crippen molar-refractivity contribution in [2.45, 2.75) is 40.3 Å². The van der Waals surface area contributed by atoms with Crippen molar-refractivity contribution < 1.29 is 13.6 Å². The molecule has 0 radical (unpaired) electrons. The summed E-state index contributed by atoms with van der Waals surface area (Å²) in [6.45, 7) is 11.2. The number of nitrogens with one attached hydrogen (secondary N) is 2. The fourth-order valence-corrected chi connectivity index (χ4v) is 4.36. The first-order valence-corrected chi connectivity index (χ1v) is 12.6. The number of hydrogen-bond acceptors (Lipinski definition) is 8. The van der Waals surface area contributed by atoms with E-state index in [2.05, 4.69) is 35.5 Å². The van der Waals surface area contributed by atoms with Crippen LogP contribution in [0.2, 0.25) is 0 Å². The lowest BCUT2D eigenvalue weighted by Gasteiger charge is -2.17. The summed E-state index contributed by atoms with van der Waals surface area (Å²) in [5.74, 6) is 0.116. The smallest absolute Gasteiger partial charge is 0.229 e. The van der Waals surface area contributed by atoms with Gasteiger partial charge in [0.15, 0.2) is 11.6 Å². The molecule has 0 aliphatic heterocycles. The molecule has 2 N–H and O–H groups in total. The van der Waals surface area contributed by atoms with Crippen LogP contribution >= 0.6 is 0 Å². The van der Waals surface area contributed by atoms with E-state index in [-0.39, 0.29) is 23.2 Å². The minimum atomic E-state index is -0.661. The predicted octanol–water partition coefficient (Wildman–Crippen LogP) is 4.41. The van der Waals surface area contributed by atoms with Gasteiger partial charge >= 0.3 is 0 Å². The summed E-state index contributed by atoms with van der Waals surface area (Å²) in [6.07, 6.45) is 3.69. The average Bonchev–Trinajstić information content (AvgIpc) is 3.24. The number of carbonyl (C=O) groups excluding carboxylic acids is 1. The van der Waals surface area contributed by atoms with E-state index in [1.54, 1.807) is 18.3 Å². The summed E-state index contributed by atoms with van der Waals surface area (Å²) in [5, 5.41) is 6.32. The molecule has 38 heavy (non-hydrogen) atoms. The maximum absolute atomic E-state index is 14.9. The van der Waals surface area contributed by atoms with E-state index in [0.717, 1.165) is 37.7 Å². The van der Waals surface area contributed by atoms with Crippen LogP contribution in [0, 0.1) is 18.6 Å². The van der Waals surface area contributed by atoms with E-state index in [1.807, 2.05) is 38.3 Å². The van der Waals surface area contributed by atoms with Crippen LogP contribution in [0.3, 0.4) is 0 Å². The van der Waals surface area contributed by atoms with E-state index in [9.17, 15) is 13.6 Å². The number of rotatable bonds is 12. The second kappa shape index (κ2) is 12.1. The van der Waals surface area contributed by atoms with Crippen molar-refractivity contribution in [1.29, 1.82) is 0 Å². The maximum Gasteiger partial charge on any atom is 0.229 e. The fourth-order valence-electron chi connectivity index (χ4n) is 4.36. The molecule has 3 aromatic heterocycles. The van der Waals surface area contributed by atoms with Gasteiger partial charge in [0.25, 0.3) is 0 Å². The average molecular weight is 523 g/mol. The Hall–Kier alpha value is -3.83. The molecule has 0 bridgehead atoms. The van der Waals surface area contributed by atoms with Crippen LogP contribution in [0.4, 0.5) is 20.5 Å². The monoisotopic (exact) mass is 522 g/mol. The highest BCUT2D eigenvalue weighted by Crippen LogP contribution is 2.30. The molecule has 4 rings (SSSR count). The third-order valence-electron chi connectivity index (χ3n) is 6.24. The fraction of sp³-hybridized carbons (Fsp3) is 0.370. The summed E-state index contributed by atoms with van der Waals surface area (Å²) < 4.78 is 31.6. The van der Waals surface area contributed by atoms with Gasteiger partial charge in [0, 0.05) is 37.4 Å². The Morgan fingerprint density at radius 3 is 2.61 bits per heavy atom. The Bertz CT molecular complexity index is 1400. The van der Waals surface area contributed by atoms with Crippen LogP contribution in [0.5, 0.6) is 0 Å². The van der Waals surface area contributed by atoms with Crippen LogP contribution in [-0.2, 0) is 11.3 Å². The van der Waals surface area contributed by atoms with E-state index >= 15 is 0 Å². The molecule has 0 aliphatic rings. The van der Waals surface area contributed by atoms with Gasteiger partial charge < -0.3 is 20.0 Å². The molecule has 0 atom stereocenters. The van der Waals surface area contributed by atoms with Crippen molar-refractivity contribution in [2.24, 2.45) is 0 Å². The van der Waals surface area contributed by atoms with Crippen molar-refractivity contribution in [3.8, 4) is 11.3 Å². The number of hydrogen-bond donors (Lipinski definition) is 2. The molecular formula is C27H32F2N8O. The number of carbonyl (C=O) groups is 1. The number of aryl methyl sites for hydroxylation is 1. The zero-order valence-corrected chi connectivity index (χ0v) is 22.0. The number of pyridine rings is 1. The maximum atomic E-state index is 14.9. The molecule has 9 nitrogen and oxygen atoms in total. The molecule has 0 aliphatic carbocycles. The number of anilines is 2. The molecule has 0 amide bonds. The first-order valence-electron chi connectivity index (χ1n) is 12.6. The first-order chi connectivity index (χ1) is 18.3. The molecule has 3 heterocycles. The van der Waals surface area contributed by atoms with Crippen LogP contribution < -0.4 is 10.6 Å². The molecule has 4 aromatic rings. The van der Waals surface area contributed by atoms with E-state index < -0.39 is 11.6 Å². The van der Waals surface area contributed by atoms with E-state index in [1.165, 1.54) is 6.07 Å². The van der Waals surface area contributed by atoms with Gasteiger partial charge in [0.1, 0.15) is 29.1 Å². The summed E-state index contributed by atoms with van der Waals surface area (Å²) in [7, 11) is 0. The molecule has 11 heteroatoms. The molecule has 0 unspecified atom stereocenters. The van der Waals surface area contributed by atoms with Gasteiger partial charge in [-0.2, -0.15) is 0 Å². The predicted molar refractivity (Wildman–Crippen MR) is 143 cm³/mol. The van der Waals surface area contributed by atoms with Crippen molar-refractivity contribution in [2.75, 3.05) is 31.5 Å². The topological polar surface area (TPSA) is 101 Å². The van der Waals surface area contributed by atoms with Gasteiger partial charge in [-0.25, -0.2) is 28.7 Å². The number of imidazole rings is 1. The lowest BCUT2D eigenvalue weighted by Crippen LogP contribution is -2.33. The normalized spacial score (nSPS) is 11.6. The molecule has 0 saturated heterocycles.